The third kappa shape index (κ3) is 4.14. The summed E-state index contributed by atoms with van der Waals surface area (Å²) in [6.07, 6.45) is 4.70. The van der Waals surface area contributed by atoms with Gasteiger partial charge in [0.1, 0.15) is 4.60 Å². The molecule has 0 saturated heterocycles. The molecule has 1 rings (SSSR count). The largest absolute Gasteiger partial charge is 0.352 e. The van der Waals surface area contributed by atoms with Gasteiger partial charge in [-0.05, 0) is 40.7 Å². The van der Waals surface area contributed by atoms with Crippen LogP contribution in [-0.2, 0) is 0 Å². The van der Waals surface area contributed by atoms with E-state index >= 15 is 0 Å². The van der Waals surface area contributed by atoms with Crippen LogP contribution in [0.4, 0.5) is 0 Å². The maximum Gasteiger partial charge on any atom is 0.254 e. The van der Waals surface area contributed by atoms with Crippen molar-refractivity contribution in [1.29, 1.82) is 0 Å². The lowest BCUT2D eigenvalue weighted by Gasteiger charge is -2.09. The first-order chi connectivity index (χ1) is 7.65. The third-order valence-electron chi connectivity index (χ3n) is 2.24. The van der Waals surface area contributed by atoms with Gasteiger partial charge in [-0.3, -0.25) is 4.79 Å². The van der Waals surface area contributed by atoms with Crippen molar-refractivity contribution in [2.75, 3.05) is 12.8 Å². The molecule has 1 atom stereocenters. The highest BCUT2D eigenvalue weighted by molar-refractivity contribution is 9.10. The molecule has 0 radical (unpaired) electrons. The number of nitrogens with one attached hydrogen (secondary N) is 1. The molecular formula is C11H15BrN2OS. The van der Waals surface area contributed by atoms with Gasteiger partial charge in [0.25, 0.3) is 5.91 Å². The summed E-state index contributed by atoms with van der Waals surface area (Å²) in [4.78, 5) is 15.8. The van der Waals surface area contributed by atoms with E-state index in [1.807, 2.05) is 0 Å². The number of nitrogens with zero attached hydrogens (tertiary/aromatic N) is 1. The fourth-order valence-electron chi connectivity index (χ4n) is 1.16. The third-order valence-corrected chi connectivity index (χ3v) is 3.91. The van der Waals surface area contributed by atoms with Gasteiger partial charge in [-0.25, -0.2) is 4.98 Å². The van der Waals surface area contributed by atoms with Crippen LogP contribution in [0.15, 0.2) is 22.9 Å². The fourth-order valence-corrected chi connectivity index (χ4v) is 1.94. The van der Waals surface area contributed by atoms with Crippen LogP contribution in [0.3, 0.4) is 0 Å². The Labute approximate surface area is 109 Å². The number of hydrogen-bond acceptors (Lipinski definition) is 3. The maximum atomic E-state index is 11.7. The van der Waals surface area contributed by atoms with E-state index in [0.29, 0.717) is 22.0 Å². The number of thioether (sulfide) groups is 1. The lowest BCUT2D eigenvalue weighted by molar-refractivity contribution is 0.0952. The van der Waals surface area contributed by atoms with Gasteiger partial charge in [0.15, 0.2) is 0 Å². The van der Waals surface area contributed by atoms with Crippen LogP contribution in [-0.4, -0.2) is 28.9 Å². The van der Waals surface area contributed by atoms with Gasteiger partial charge in [0.05, 0.1) is 5.56 Å². The molecule has 0 spiro atoms. The summed E-state index contributed by atoms with van der Waals surface area (Å²) in [5.74, 6) is -0.0757. The molecule has 0 aromatic carbocycles. The highest BCUT2D eigenvalue weighted by Crippen LogP contribution is 2.12. The van der Waals surface area contributed by atoms with Crippen molar-refractivity contribution in [3.8, 4) is 0 Å². The zero-order chi connectivity index (χ0) is 12.0. The van der Waals surface area contributed by atoms with E-state index < -0.39 is 0 Å². The van der Waals surface area contributed by atoms with Crippen LogP contribution in [0.25, 0.3) is 0 Å². The zero-order valence-corrected chi connectivity index (χ0v) is 11.8. The Morgan fingerprint density at radius 3 is 3.06 bits per heavy atom. The average molecular weight is 303 g/mol. The van der Waals surface area contributed by atoms with Crippen LogP contribution in [0.2, 0.25) is 0 Å². The minimum Gasteiger partial charge on any atom is -0.352 e. The van der Waals surface area contributed by atoms with E-state index in [4.69, 9.17) is 0 Å². The number of rotatable bonds is 5. The summed E-state index contributed by atoms with van der Waals surface area (Å²) < 4.78 is 0.588. The highest BCUT2D eigenvalue weighted by Gasteiger charge is 2.09. The van der Waals surface area contributed by atoms with E-state index in [-0.39, 0.29) is 5.91 Å². The van der Waals surface area contributed by atoms with E-state index in [1.54, 1.807) is 30.1 Å². The molecule has 5 heteroatoms. The Balaban J connectivity index is 2.44. The highest BCUT2D eigenvalue weighted by atomic mass is 79.9. The molecule has 0 aliphatic rings. The van der Waals surface area contributed by atoms with Gasteiger partial charge in [-0.2, -0.15) is 11.8 Å². The van der Waals surface area contributed by atoms with Crippen molar-refractivity contribution < 1.29 is 4.79 Å². The van der Waals surface area contributed by atoms with Crippen LogP contribution in [0.1, 0.15) is 23.7 Å². The number of aromatic nitrogens is 1. The standard InChI is InChI=1S/C11H15BrN2OS/c1-8(16-2)5-7-14-11(15)9-4-3-6-13-10(9)12/h3-4,6,8H,5,7H2,1-2H3,(H,14,15). The quantitative estimate of drug-likeness (QED) is 0.851. The summed E-state index contributed by atoms with van der Waals surface area (Å²) in [6, 6.07) is 3.51. The predicted octanol–water partition coefficient (Wildman–Crippen LogP) is 2.72. The van der Waals surface area contributed by atoms with Crippen molar-refractivity contribution in [2.45, 2.75) is 18.6 Å². The summed E-state index contributed by atoms with van der Waals surface area (Å²) in [7, 11) is 0. The second kappa shape index (κ2) is 6.91. The van der Waals surface area contributed by atoms with Gasteiger partial charge < -0.3 is 5.32 Å². The monoisotopic (exact) mass is 302 g/mol. The Hall–Kier alpha value is -0.550. The lowest BCUT2D eigenvalue weighted by atomic mass is 10.2. The molecule has 88 valence electrons. The maximum absolute atomic E-state index is 11.7. The molecule has 0 aliphatic heterocycles. The minimum atomic E-state index is -0.0757. The molecule has 0 fully saturated rings. The Morgan fingerprint density at radius 2 is 2.44 bits per heavy atom. The molecular weight excluding hydrogens is 288 g/mol. The van der Waals surface area contributed by atoms with Crippen molar-refractivity contribution in [3.63, 3.8) is 0 Å². The van der Waals surface area contributed by atoms with Gasteiger partial charge in [0.2, 0.25) is 0 Å². The van der Waals surface area contributed by atoms with Gasteiger partial charge in [-0.15, -0.1) is 0 Å². The summed E-state index contributed by atoms with van der Waals surface area (Å²) in [5.41, 5.74) is 0.583. The minimum absolute atomic E-state index is 0.0757. The first kappa shape index (κ1) is 13.5. The summed E-state index contributed by atoms with van der Waals surface area (Å²) >= 11 is 5.06. The second-order valence-electron chi connectivity index (χ2n) is 3.43. The SMILES string of the molecule is CSC(C)CCNC(=O)c1cccnc1Br. The number of pyridine rings is 1. The van der Waals surface area contributed by atoms with Gasteiger partial charge in [0, 0.05) is 18.0 Å². The van der Waals surface area contributed by atoms with E-state index in [9.17, 15) is 4.79 Å². The Kier molecular flexibility index (Phi) is 5.84. The first-order valence-electron chi connectivity index (χ1n) is 5.06. The summed E-state index contributed by atoms with van der Waals surface area (Å²) in [6.45, 7) is 2.85. The molecule has 0 bridgehead atoms. The lowest BCUT2D eigenvalue weighted by Crippen LogP contribution is -2.26. The van der Waals surface area contributed by atoms with Gasteiger partial charge >= 0.3 is 0 Å². The molecule has 1 N–H and O–H groups in total. The predicted molar refractivity (Wildman–Crippen MR) is 71.9 cm³/mol. The van der Waals surface area contributed by atoms with Crippen molar-refractivity contribution >= 4 is 33.6 Å². The smallest absolute Gasteiger partial charge is 0.254 e. The molecule has 0 aliphatic carbocycles. The first-order valence-corrected chi connectivity index (χ1v) is 7.14. The van der Waals surface area contributed by atoms with Crippen LogP contribution >= 0.6 is 27.7 Å². The number of carbonyl (C=O) groups is 1. The topological polar surface area (TPSA) is 42.0 Å². The number of amides is 1. The number of hydrogen-bond donors (Lipinski definition) is 1. The Morgan fingerprint density at radius 1 is 1.69 bits per heavy atom. The summed E-state index contributed by atoms with van der Waals surface area (Å²) in [5, 5.41) is 3.45. The molecule has 1 amide bonds. The van der Waals surface area contributed by atoms with E-state index in [1.165, 1.54) is 0 Å². The molecule has 1 aromatic heterocycles. The van der Waals surface area contributed by atoms with E-state index in [0.717, 1.165) is 6.42 Å². The molecule has 3 nitrogen and oxygen atoms in total. The van der Waals surface area contributed by atoms with Crippen molar-refractivity contribution in [3.05, 3.63) is 28.5 Å². The Bertz CT molecular complexity index is 360. The normalized spacial score (nSPS) is 12.2. The van der Waals surface area contributed by atoms with E-state index in [2.05, 4.69) is 39.4 Å². The van der Waals surface area contributed by atoms with Crippen molar-refractivity contribution in [1.82, 2.24) is 10.3 Å². The average Bonchev–Trinajstić information content (AvgIpc) is 2.29. The number of carbonyl (C=O) groups excluding carboxylic acids is 1. The van der Waals surface area contributed by atoms with Crippen molar-refractivity contribution in [2.24, 2.45) is 0 Å². The second-order valence-corrected chi connectivity index (χ2v) is 5.46. The molecule has 0 saturated carbocycles. The van der Waals surface area contributed by atoms with Crippen LogP contribution in [0.5, 0.6) is 0 Å². The molecule has 16 heavy (non-hydrogen) atoms. The van der Waals surface area contributed by atoms with Crippen LogP contribution in [0, 0.1) is 0 Å². The molecule has 1 heterocycles. The fraction of sp³-hybridized carbons (Fsp3) is 0.455. The number of halogens is 1. The van der Waals surface area contributed by atoms with Gasteiger partial charge in [-0.1, -0.05) is 6.92 Å². The zero-order valence-electron chi connectivity index (χ0n) is 9.37. The molecule has 1 unspecified atom stereocenters. The van der Waals surface area contributed by atoms with Crippen LogP contribution < -0.4 is 5.32 Å². The molecule has 1 aromatic rings.